The Labute approximate surface area is 220 Å². The predicted octanol–water partition coefficient (Wildman–Crippen LogP) is 4.77. The Kier molecular flexibility index (Phi) is 10.0. The second-order valence-electron chi connectivity index (χ2n) is 9.03. The zero-order chi connectivity index (χ0) is 28.1. The predicted molar refractivity (Wildman–Crippen MR) is 138 cm³/mol. The summed E-state index contributed by atoms with van der Waals surface area (Å²) in [5.74, 6) is -1.20. The summed E-state index contributed by atoms with van der Waals surface area (Å²) in [4.78, 5) is 27.8. The SMILES string of the molecule is CC[C@@H](C(=O)NC(C)C)N(Cc1cccc(C)c1)C(=O)CN(c1cc(C(F)(F)F)ccc1Cl)S(C)(=O)=O. The standard InChI is InChI=1S/C25H31ClF3N3O4S/c1-6-21(24(34)30-16(2)3)31(14-18-9-7-8-17(4)12-18)23(33)15-32(37(5,35)36)22-13-19(25(27,28)29)10-11-20(22)26/h7-13,16,21H,6,14-15H2,1-5H3,(H,30,34)/t21-/m0/s1. The number of nitrogens with one attached hydrogen (secondary N) is 1. The summed E-state index contributed by atoms with van der Waals surface area (Å²) in [7, 11) is -4.25. The summed E-state index contributed by atoms with van der Waals surface area (Å²) in [6.07, 6.45) is -3.77. The zero-order valence-corrected chi connectivity index (χ0v) is 22.8. The van der Waals surface area contributed by atoms with Crippen LogP contribution in [0.15, 0.2) is 42.5 Å². The van der Waals surface area contributed by atoms with E-state index in [-0.39, 0.29) is 24.0 Å². The van der Waals surface area contributed by atoms with E-state index in [1.165, 1.54) is 4.90 Å². The molecule has 0 unspecified atom stereocenters. The van der Waals surface area contributed by atoms with Crippen molar-refractivity contribution in [1.82, 2.24) is 10.2 Å². The number of aryl methyl sites for hydroxylation is 1. The van der Waals surface area contributed by atoms with Gasteiger partial charge in [-0.25, -0.2) is 8.42 Å². The Morgan fingerprint density at radius 1 is 1.11 bits per heavy atom. The van der Waals surface area contributed by atoms with Gasteiger partial charge >= 0.3 is 6.18 Å². The number of anilines is 1. The molecule has 0 aromatic heterocycles. The number of halogens is 4. The molecule has 0 heterocycles. The maximum Gasteiger partial charge on any atom is 0.416 e. The van der Waals surface area contributed by atoms with Gasteiger partial charge in [0.05, 0.1) is 22.5 Å². The van der Waals surface area contributed by atoms with Gasteiger partial charge in [-0.1, -0.05) is 48.4 Å². The van der Waals surface area contributed by atoms with E-state index in [2.05, 4.69) is 5.32 Å². The molecule has 2 aromatic rings. The summed E-state index contributed by atoms with van der Waals surface area (Å²) >= 11 is 6.09. The van der Waals surface area contributed by atoms with E-state index in [4.69, 9.17) is 11.6 Å². The van der Waals surface area contributed by atoms with E-state index < -0.39 is 51.9 Å². The van der Waals surface area contributed by atoms with Crippen LogP contribution in [-0.4, -0.2) is 50.0 Å². The molecule has 0 radical (unpaired) electrons. The van der Waals surface area contributed by atoms with Crippen molar-refractivity contribution in [3.05, 3.63) is 64.2 Å². The fourth-order valence-corrected chi connectivity index (χ4v) is 4.91. The lowest BCUT2D eigenvalue weighted by Crippen LogP contribution is -2.53. The Morgan fingerprint density at radius 3 is 2.27 bits per heavy atom. The summed E-state index contributed by atoms with van der Waals surface area (Å²) in [6, 6.07) is 8.31. The number of rotatable bonds is 10. The van der Waals surface area contributed by atoms with Gasteiger partial charge in [0.25, 0.3) is 0 Å². The number of carbonyl (C=O) groups excluding carboxylic acids is 2. The molecule has 0 saturated carbocycles. The lowest BCUT2D eigenvalue weighted by atomic mass is 10.1. The molecule has 0 aliphatic heterocycles. The van der Waals surface area contributed by atoms with Crippen LogP contribution in [0.1, 0.15) is 43.9 Å². The number of hydrogen-bond donors (Lipinski definition) is 1. The monoisotopic (exact) mass is 561 g/mol. The summed E-state index contributed by atoms with van der Waals surface area (Å²) < 4.78 is 65.9. The molecule has 7 nitrogen and oxygen atoms in total. The molecule has 204 valence electrons. The Bertz CT molecular complexity index is 1240. The smallest absolute Gasteiger partial charge is 0.352 e. The molecule has 0 aliphatic carbocycles. The van der Waals surface area contributed by atoms with Gasteiger partial charge in [-0.05, 0) is 51.0 Å². The Hall–Kier alpha value is -2.79. The summed E-state index contributed by atoms with van der Waals surface area (Å²) in [6.45, 7) is 6.23. The van der Waals surface area contributed by atoms with Crippen LogP contribution in [0.5, 0.6) is 0 Å². The molecular weight excluding hydrogens is 531 g/mol. The van der Waals surface area contributed by atoms with E-state index in [1.54, 1.807) is 32.9 Å². The van der Waals surface area contributed by atoms with E-state index >= 15 is 0 Å². The largest absolute Gasteiger partial charge is 0.416 e. The highest BCUT2D eigenvalue weighted by Crippen LogP contribution is 2.36. The topological polar surface area (TPSA) is 86.8 Å². The van der Waals surface area contributed by atoms with Gasteiger partial charge in [0, 0.05) is 12.6 Å². The van der Waals surface area contributed by atoms with Crippen LogP contribution < -0.4 is 9.62 Å². The molecule has 1 atom stereocenters. The number of alkyl halides is 3. The maximum absolute atomic E-state index is 13.6. The van der Waals surface area contributed by atoms with Crippen LogP contribution in [0.25, 0.3) is 0 Å². The van der Waals surface area contributed by atoms with Crippen molar-refractivity contribution in [1.29, 1.82) is 0 Å². The van der Waals surface area contributed by atoms with Crippen molar-refractivity contribution >= 4 is 39.1 Å². The number of amides is 2. The van der Waals surface area contributed by atoms with Crippen molar-refractivity contribution < 1.29 is 31.2 Å². The third-order valence-electron chi connectivity index (χ3n) is 5.47. The van der Waals surface area contributed by atoms with E-state index in [9.17, 15) is 31.2 Å². The quantitative estimate of drug-likeness (QED) is 0.453. The molecule has 1 N–H and O–H groups in total. The molecule has 37 heavy (non-hydrogen) atoms. The second-order valence-corrected chi connectivity index (χ2v) is 11.3. The molecule has 0 saturated heterocycles. The number of nitrogens with zero attached hydrogens (tertiary/aromatic N) is 2. The number of carbonyl (C=O) groups is 2. The number of benzene rings is 2. The highest BCUT2D eigenvalue weighted by Gasteiger charge is 2.35. The minimum atomic E-state index is -4.76. The van der Waals surface area contributed by atoms with Gasteiger partial charge in [0.2, 0.25) is 21.8 Å². The molecule has 0 spiro atoms. The second kappa shape index (κ2) is 12.2. The van der Waals surface area contributed by atoms with Gasteiger partial charge in [0.1, 0.15) is 12.6 Å². The molecule has 12 heteroatoms. The van der Waals surface area contributed by atoms with Crippen LogP contribution >= 0.6 is 11.6 Å². The van der Waals surface area contributed by atoms with Crippen LogP contribution in [0.4, 0.5) is 18.9 Å². The average Bonchev–Trinajstić information content (AvgIpc) is 2.75. The molecule has 2 rings (SSSR count). The molecule has 0 aliphatic rings. The van der Waals surface area contributed by atoms with E-state index in [0.29, 0.717) is 15.9 Å². The van der Waals surface area contributed by atoms with Gasteiger partial charge in [-0.3, -0.25) is 13.9 Å². The fraction of sp³-hybridized carbons (Fsp3) is 0.440. The van der Waals surface area contributed by atoms with Crippen molar-refractivity contribution in [3.63, 3.8) is 0 Å². The minimum Gasteiger partial charge on any atom is -0.352 e. The lowest BCUT2D eigenvalue weighted by molar-refractivity contribution is -0.140. The molecule has 2 aromatic carbocycles. The van der Waals surface area contributed by atoms with Crippen molar-refractivity contribution in [2.75, 3.05) is 17.1 Å². The van der Waals surface area contributed by atoms with Crippen LogP contribution in [0, 0.1) is 6.92 Å². The Morgan fingerprint density at radius 2 is 1.76 bits per heavy atom. The number of sulfonamides is 1. The first-order chi connectivity index (χ1) is 17.0. The zero-order valence-electron chi connectivity index (χ0n) is 21.3. The third kappa shape index (κ3) is 8.36. The van der Waals surface area contributed by atoms with Crippen molar-refractivity contribution in [3.8, 4) is 0 Å². The first kappa shape index (κ1) is 30.4. The molecule has 2 amide bonds. The lowest BCUT2D eigenvalue weighted by Gasteiger charge is -2.33. The summed E-state index contributed by atoms with van der Waals surface area (Å²) in [5, 5.41) is 2.49. The highest BCUT2D eigenvalue weighted by molar-refractivity contribution is 7.92. The minimum absolute atomic E-state index is 0.0154. The van der Waals surface area contributed by atoms with Crippen LogP contribution in [-0.2, 0) is 32.3 Å². The Balaban J connectivity index is 2.55. The highest BCUT2D eigenvalue weighted by atomic mass is 35.5. The molecule has 0 bridgehead atoms. The fourth-order valence-electron chi connectivity index (χ4n) is 3.78. The van der Waals surface area contributed by atoms with Crippen LogP contribution in [0.2, 0.25) is 5.02 Å². The first-order valence-corrected chi connectivity index (χ1v) is 13.8. The molecular formula is C25H31ClF3N3O4S. The average molecular weight is 562 g/mol. The first-order valence-electron chi connectivity index (χ1n) is 11.5. The maximum atomic E-state index is 13.6. The van der Waals surface area contributed by atoms with E-state index in [1.807, 2.05) is 19.1 Å². The van der Waals surface area contributed by atoms with Crippen molar-refractivity contribution in [2.24, 2.45) is 0 Å². The molecule has 0 fully saturated rings. The van der Waals surface area contributed by atoms with Gasteiger partial charge in [-0.15, -0.1) is 0 Å². The van der Waals surface area contributed by atoms with E-state index in [0.717, 1.165) is 24.0 Å². The third-order valence-corrected chi connectivity index (χ3v) is 6.92. The van der Waals surface area contributed by atoms with Gasteiger partial charge < -0.3 is 10.2 Å². The van der Waals surface area contributed by atoms with Crippen LogP contribution in [0.3, 0.4) is 0 Å². The van der Waals surface area contributed by atoms with Crippen molar-refractivity contribution in [2.45, 2.75) is 58.9 Å². The van der Waals surface area contributed by atoms with Gasteiger partial charge in [-0.2, -0.15) is 13.2 Å². The normalized spacial score (nSPS) is 12.8. The summed E-state index contributed by atoms with van der Waals surface area (Å²) in [5.41, 5.74) is 0.0140. The number of hydrogen-bond acceptors (Lipinski definition) is 4. The van der Waals surface area contributed by atoms with Gasteiger partial charge in [0.15, 0.2) is 0 Å².